The monoisotopic (exact) mass is 249 g/mol. The minimum Gasteiger partial charge on any atom is -0.258 e. The third-order valence-electron chi connectivity index (χ3n) is 3.12. The van der Waals surface area contributed by atoms with Crippen LogP contribution in [0.5, 0.6) is 0 Å². The molecule has 0 spiro atoms. The average molecular weight is 249 g/mol. The normalized spacial score (nSPS) is 14.6. The first kappa shape index (κ1) is 11.4. The largest absolute Gasteiger partial charge is 0.270 e. The Morgan fingerprint density at radius 1 is 1.00 bits per heavy atom. The number of hydrogen-bond acceptors (Lipinski definition) is 2. The molecule has 1 aliphatic carbocycles. The summed E-state index contributed by atoms with van der Waals surface area (Å²) in [6, 6.07) is 15.0. The minimum absolute atomic E-state index is 0.129. The zero-order valence-corrected chi connectivity index (χ0v) is 10.1. The summed E-state index contributed by atoms with van der Waals surface area (Å²) in [7, 11) is 0. The van der Waals surface area contributed by atoms with Crippen molar-refractivity contribution < 1.29 is 4.92 Å². The van der Waals surface area contributed by atoms with Gasteiger partial charge in [-0.3, -0.25) is 10.1 Å². The lowest BCUT2D eigenvalue weighted by Gasteiger charge is -2.01. The second-order valence-corrected chi connectivity index (χ2v) is 4.37. The van der Waals surface area contributed by atoms with Gasteiger partial charge in [0.2, 0.25) is 0 Å². The molecule has 19 heavy (non-hydrogen) atoms. The van der Waals surface area contributed by atoms with Gasteiger partial charge in [-0.25, -0.2) is 0 Å². The molecular weight excluding hydrogens is 238 g/mol. The van der Waals surface area contributed by atoms with Gasteiger partial charge in [0, 0.05) is 12.1 Å². The molecule has 0 unspecified atom stereocenters. The molecule has 3 rings (SSSR count). The Labute approximate surface area is 110 Å². The topological polar surface area (TPSA) is 43.1 Å². The fourth-order valence-corrected chi connectivity index (χ4v) is 2.19. The molecule has 0 saturated heterocycles. The molecule has 0 saturated carbocycles. The van der Waals surface area contributed by atoms with Crippen LogP contribution in [0.15, 0.2) is 54.6 Å². The van der Waals surface area contributed by atoms with Gasteiger partial charge in [-0.05, 0) is 34.4 Å². The van der Waals surface area contributed by atoms with Crippen LogP contribution in [0.2, 0.25) is 0 Å². The minimum atomic E-state index is -0.368. The standard InChI is InChI=1S/C16H11NO2/c18-17(19)15-8-9-16-13(6-7-14(16)11-15)10-12-4-2-1-3-5-12/h1-11H/b13-10-. The Bertz CT molecular complexity index is 700. The van der Waals surface area contributed by atoms with Crippen LogP contribution in [0, 0.1) is 10.1 Å². The van der Waals surface area contributed by atoms with Gasteiger partial charge >= 0.3 is 0 Å². The summed E-state index contributed by atoms with van der Waals surface area (Å²) in [5.74, 6) is 0. The van der Waals surface area contributed by atoms with Crippen molar-refractivity contribution in [3.05, 3.63) is 81.4 Å². The van der Waals surface area contributed by atoms with Crippen LogP contribution in [0.3, 0.4) is 0 Å². The van der Waals surface area contributed by atoms with Crippen molar-refractivity contribution in [1.82, 2.24) is 0 Å². The Hall–Kier alpha value is -2.68. The molecule has 0 fully saturated rings. The zero-order chi connectivity index (χ0) is 13.2. The van der Waals surface area contributed by atoms with E-state index in [4.69, 9.17) is 0 Å². The molecule has 3 nitrogen and oxygen atoms in total. The summed E-state index contributed by atoms with van der Waals surface area (Å²) in [5.41, 5.74) is 4.26. The lowest BCUT2D eigenvalue weighted by molar-refractivity contribution is -0.384. The van der Waals surface area contributed by atoms with Gasteiger partial charge in [0.25, 0.3) is 5.69 Å². The maximum absolute atomic E-state index is 10.7. The maximum atomic E-state index is 10.7. The lowest BCUT2D eigenvalue weighted by Crippen LogP contribution is -1.89. The quantitative estimate of drug-likeness (QED) is 0.592. The number of benzene rings is 2. The molecule has 2 aromatic rings. The van der Waals surface area contributed by atoms with E-state index in [2.05, 4.69) is 6.08 Å². The van der Waals surface area contributed by atoms with Crippen molar-refractivity contribution in [3.8, 4) is 0 Å². The highest BCUT2D eigenvalue weighted by molar-refractivity contribution is 5.97. The van der Waals surface area contributed by atoms with Crippen LogP contribution < -0.4 is 0 Å². The number of nitro benzene ring substituents is 1. The molecular formula is C16H11NO2. The van der Waals surface area contributed by atoms with Crippen molar-refractivity contribution in [3.63, 3.8) is 0 Å². The van der Waals surface area contributed by atoms with E-state index in [0.29, 0.717) is 0 Å². The van der Waals surface area contributed by atoms with Gasteiger partial charge < -0.3 is 0 Å². The van der Waals surface area contributed by atoms with Gasteiger partial charge in [-0.2, -0.15) is 0 Å². The predicted molar refractivity (Wildman–Crippen MR) is 76.4 cm³/mol. The molecule has 0 heterocycles. The van der Waals surface area contributed by atoms with Crippen LogP contribution in [-0.2, 0) is 0 Å². The number of non-ortho nitro benzene ring substituents is 1. The fourth-order valence-electron chi connectivity index (χ4n) is 2.19. The van der Waals surface area contributed by atoms with E-state index in [9.17, 15) is 10.1 Å². The van der Waals surface area contributed by atoms with E-state index in [1.165, 1.54) is 0 Å². The summed E-state index contributed by atoms with van der Waals surface area (Å²) in [4.78, 5) is 10.4. The van der Waals surface area contributed by atoms with Gasteiger partial charge in [0.15, 0.2) is 0 Å². The number of nitro groups is 1. The third kappa shape index (κ3) is 2.18. The molecule has 0 bridgehead atoms. The molecule has 0 atom stereocenters. The third-order valence-corrected chi connectivity index (χ3v) is 3.12. The van der Waals surface area contributed by atoms with E-state index < -0.39 is 0 Å². The first-order valence-electron chi connectivity index (χ1n) is 5.98. The van der Waals surface area contributed by atoms with E-state index >= 15 is 0 Å². The van der Waals surface area contributed by atoms with Crippen LogP contribution in [0.1, 0.15) is 16.7 Å². The second-order valence-electron chi connectivity index (χ2n) is 4.37. The van der Waals surface area contributed by atoms with Crippen molar-refractivity contribution in [2.75, 3.05) is 0 Å². The Morgan fingerprint density at radius 3 is 2.53 bits per heavy atom. The molecule has 2 aromatic carbocycles. The van der Waals surface area contributed by atoms with Crippen LogP contribution in [0.25, 0.3) is 17.7 Å². The second kappa shape index (κ2) is 4.53. The van der Waals surface area contributed by atoms with E-state index in [1.807, 2.05) is 48.6 Å². The summed E-state index contributed by atoms with van der Waals surface area (Å²) in [5, 5.41) is 10.7. The Morgan fingerprint density at radius 2 is 1.79 bits per heavy atom. The van der Waals surface area contributed by atoms with E-state index in [-0.39, 0.29) is 10.6 Å². The van der Waals surface area contributed by atoms with Crippen LogP contribution in [0.4, 0.5) is 5.69 Å². The summed E-state index contributed by atoms with van der Waals surface area (Å²) >= 11 is 0. The number of fused-ring (bicyclic) bond motifs is 1. The lowest BCUT2D eigenvalue weighted by atomic mass is 10.0. The van der Waals surface area contributed by atoms with Crippen molar-refractivity contribution in [1.29, 1.82) is 0 Å². The summed E-state index contributed by atoms with van der Waals surface area (Å²) in [6.45, 7) is 0. The molecule has 0 amide bonds. The number of rotatable bonds is 2. The highest BCUT2D eigenvalue weighted by Crippen LogP contribution is 2.33. The van der Waals surface area contributed by atoms with Gasteiger partial charge in [-0.15, -0.1) is 0 Å². The maximum Gasteiger partial charge on any atom is 0.270 e. The molecule has 92 valence electrons. The van der Waals surface area contributed by atoms with Gasteiger partial charge in [0.1, 0.15) is 0 Å². The summed E-state index contributed by atoms with van der Waals surface area (Å²) in [6.07, 6.45) is 5.98. The smallest absolute Gasteiger partial charge is 0.258 e. The first-order valence-corrected chi connectivity index (χ1v) is 5.98. The van der Waals surface area contributed by atoms with E-state index in [0.717, 1.165) is 22.3 Å². The Balaban J connectivity index is 2.02. The highest BCUT2D eigenvalue weighted by Gasteiger charge is 2.14. The van der Waals surface area contributed by atoms with Crippen molar-refractivity contribution >= 4 is 23.4 Å². The average Bonchev–Trinajstić information content (AvgIpc) is 2.82. The molecule has 1 aliphatic rings. The fraction of sp³-hybridized carbons (Fsp3) is 0. The molecule has 0 N–H and O–H groups in total. The SMILES string of the molecule is O=[N+]([O-])c1ccc2c(c1)C=C/C2=C/c1ccccc1. The Kier molecular flexibility index (Phi) is 2.72. The van der Waals surface area contributed by atoms with E-state index in [1.54, 1.807) is 12.1 Å². The van der Waals surface area contributed by atoms with Crippen molar-refractivity contribution in [2.24, 2.45) is 0 Å². The molecule has 0 aromatic heterocycles. The molecule has 3 heteroatoms. The predicted octanol–water partition coefficient (Wildman–Crippen LogP) is 4.16. The van der Waals surface area contributed by atoms with Crippen molar-refractivity contribution in [2.45, 2.75) is 0 Å². The number of allylic oxidation sites excluding steroid dienone is 2. The zero-order valence-electron chi connectivity index (χ0n) is 10.1. The van der Waals surface area contributed by atoms with Gasteiger partial charge in [0.05, 0.1) is 4.92 Å². The number of nitrogens with zero attached hydrogens (tertiary/aromatic N) is 1. The number of hydrogen-bond donors (Lipinski definition) is 0. The summed E-state index contributed by atoms with van der Waals surface area (Å²) < 4.78 is 0. The highest BCUT2D eigenvalue weighted by atomic mass is 16.6. The molecule has 0 aliphatic heterocycles. The van der Waals surface area contributed by atoms with Crippen LogP contribution >= 0.6 is 0 Å². The molecule has 0 radical (unpaired) electrons. The van der Waals surface area contributed by atoms with Crippen LogP contribution in [-0.4, -0.2) is 4.92 Å². The van der Waals surface area contributed by atoms with Gasteiger partial charge in [-0.1, -0.05) is 42.5 Å². The first-order chi connectivity index (χ1) is 9.24.